The lowest BCUT2D eigenvalue weighted by Gasteiger charge is -2.48. The average Bonchev–Trinajstić information content (AvgIpc) is 2.89. The number of carbonyl (C=O) groups excluding carboxylic acids is 1. The van der Waals surface area contributed by atoms with E-state index in [9.17, 15) is 4.79 Å². The highest BCUT2D eigenvalue weighted by atomic mass is 32.2. The van der Waals surface area contributed by atoms with Crippen molar-refractivity contribution in [2.45, 2.75) is 70.5 Å². The van der Waals surface area contributed by atoms with Crippen molar-refractivity contribution in [2.75, 3.05) is 0 Å². The number of ketones is 1. The van der Waals surface area contributed by atoms with E-state index in [1.807, 2.05) is 0 Å². The van der Waals surface area contributed by atoms with Gasteiger partial charge in [-0.3, -0.25) is 4.79 Å². The molecule has 3 aliphatic carbocycles. The first-order chi connectivity index (χ1) is 12.0. The number of fused-ring (bicyclic) bond motifs is 5. The first kappa shape index (κ1) is 17.2. The highest BCUT2D eigenvalue weighted by Gasteiger charge is 2.54. The maximum absolute atomic E-state index is 12.4. The van der Waals surface area contributed by atoms with Gasteiger partial charge in [-0.1, -0.05) is 44.5 Å². The molecule has 0 N–H and O–H groups in total. The zero-order valence-corrected chi connectivity index (χ0v) is 16.4. The Morgan fingerprint density at radius 3 is 2.84 bits per heavy atom. The topological polar surface area (TPSA) is 17.1 Å². The van der Waals surface area contributed by atoms with Gasteiger partial charge in [-0.15, -0.1) is 0 Å². The number of carbonyl (C=O) groups is 1. The molecule has 1 aromatic carbocycles. The van der Waals surface area contributed by atoms with E-state index in [4.69, 9.17) is 0 Å². The zero-order chi connectivity index (χ0) is 17.6. The second-order valence-electron chi connectivity index (χ2n) is 8.64. The van der Waals surface area contributed by atoms with Gasteiger partial charge in [0.25, 0.3) is 0 Å². The van der Waals surface area contributed by atoms with Crippen LogP contribution in [0.1, 0.15) is 75.5 Å². The second kappa shape index (κ2) is 6.51. The van der Waals surface area contributed by atoms with E-state index in [-0.39, 0.29) is 5.41 Å². The Labute approximate surface area is 156 Å². The minimum absolute atomic E-state index is 0.0157. The summed E-state index contributed by atoms with van der Waals surface area (Å²) in [4.78, 5) is 12.4. The molecule has 1 nitrogen and oxygen atoms in total. The summed E-state index contributed by atoms with van der Waals surface area (Å²) in [6, 6.07) is 6.88. The number of benzene rings is 1. The van der Waals surface area contributed by atoms with Crippen molar-refractivity contribution in [3.05, 3.63) is 34.9 Å². The fourth-order valence-electron chi connectivity index (χ4n) is 5.64. The molecule has 0 aromatic heterocycles. The van der Waals surface area contributed by atoms with Crippen LogP contribution in [0.15, 0.2) is 18.2 Å². The summed E-state index contributed by atoms with van der Waals surface area (Å²) >= 11 is 1.70. The number of aryl methyl sites for hydroxylation is 1. The number of hydrogen-bond donors (Lipinski definition) is 0. The maximum atomic E-state index is 12.4. The molecule has 0 heterocycles. The molecule has 4 rings (SSSR count). The maximum Gasteiger partial charge on any atom is 0.139 e. The van der Waals surface area contributed by atoms with E-state index in [0.29, 0.717) is 28.8 Å². The van der Waals surface area contributed by atoms with Gasteiger partial charge in [0, 0.05) is 22.6 Å². The average molecular weight is 353 g/mol. The van der Waals surface area contributed by atoms with E-state index in [2.05, 4.69) is 50.1 Å². The van der Waals surface area contributed by atoms with Crippen molar-refractivity contribution in [2.24, 2.45) is 17.3 Å². The van der Waals surface area contributed by atoms with Crippen molar-refractivity contribution < 1.29 is 4.79 Å². The Bertz CT molecular complexity index is 753. The Morgan fingerprint density at radius 1 is 1.20 bits per heavy atom. The van der Waals surface area contributed by atoms with Gasteiger partial charge in [-0.05, 0) is 78.4 Å². The van der Waals surface area contributed by atoms with E-state index in [1.54, 1.807) is 17.3 Å². The molecule has 0 aliphatic heterocycles. The standard InChI is InChI=1S/C23H28OS/c1-15(2)25-13-11-16-4-6-18-17(14-16)5-7-20-19(18)10-12-23(3)21(20)8-9-22(23)24/h4,6,14-15,19-21H,5,7-10,12H2,1-3H3/t19?,20?,21?,23-/m0/s1. The summed E-state index contributed by atoms with van der Waals surface area (Å²) < 4.78 is 0. The van der Waals surface area contributed by atoms with Crippen molar-refractivity contribution in [1.29, 1.82) is 0 Å². The number of Topliss-reactive ketones (excluding diaryl/α,β-unsaturated/α-hetero) is 1. The third kappa shape index (κ3) is 2.95. The third-order valence-electron chi connectivity index (χ3n) is 6.93. The first-order valence-corrected chi connectivity index (χ1v) is 10.7. The summed E-state index contributed by atoms with van der Waals surface area (Å²) in [7, 11) is 0. The number of thioether (sulfide) groups is 1. The van der Waals surface area contributed by atoms with Gasteiger partial charge in [0.05, 0.1) is 0 Å². The lowest BCUT2D eigenvalue weighted by Crippen LogP contribution is -2.42. The minimum atomic E-state index is -0.0157. The van der Waals surface area contributed by atoms with Gasteiger partial charge in [-0.2, -0.15) is 0 Å². The van der Waals surface area contributed by atoms with Crippen LogP contribution in [0.3, 0.4) is 0 Å². The predicted molar refractivity (Wildman–Crippen MR) is 106 cm³/mol. The molecule has 0 saturated heterocycles. The lowest BCUT2D eigenvalue weighted by atomic mass is 9.55. The summed E-state index contributed by atoms with van der Waals surface area (Å²) in [5, 5.41) is 3.79. The van der Waals surface area contributed by atoms with Crippen LogP contribution in [0.4, 0.5) is 0 Å². The van der Waals surface area contributed by atoms with Gasteiger partial charge in [0.15, 0.2) is 0 Å². The van der Waals surface area contributed by atoms with Crippen molar-refractivity contribution in [1.82, 2.24) is 0 Å². The molecule has 2 saturated carbocycles. The van der Waals surface area contributed by atoms with E-state index in [0.717, 1.165) is 31.2 Å². The van der Waals surface area contributed by atoms with Gasteiger partial charge in [-0.25, -0.2) is 0 Å². The summed E-state index contributed by atoms with van der Waals surface area (Å²) in [5.74, 6) is 5.85. The van der Waals surface area contributed by atoms with Crippen LogP contribution < -0.4 is 0 Å². The van der Waals surface area contributed by atoms with Crippen molar-refractivity contribution in [3.8, 4) is 11.2 Å². The van der Waals surface area contributed by atoms with Crippen LogP contribution in [-0.4, -0.2) is 11.0 Å². The molecule has 1 aromatic rings. The Morgan fingerprint density at radius 2 is 2.04 bits per heavy atom. The Balaban J connectivity index is 1.59. The van der Waals surface area contributed by atoms with E-state index < -0.39 is 0 Å². The normalized spacial score (nSPS) is 33.3. The van der Waals surface area contributed by atoms with Gasteiger partial charge in [0.2, 0.25) is 0 Å². The summed E-state index contributed by atoms with van der Waals surface area (Å²) in [6.07, 6.45) is 6.63. The van der Waals surface area contributed by atoms with Gasteiger partial charge in [0.1, 0.15) is 5.78 Å². The SMILES string of the molecule is CC(C)SC#Cc1ccc2c(c1)CCC1C2CC[C@]2(C)C(=O)CCC12. The predicted octanol–water partition coefficient (Wildman–Crippen LogP) is 5.56. The fraction of sp³-hybridized carbons (Fsp3) is 0.609. The molecule has 0 radical (unpaired) electrons. The molecule has 3 unspecified atom stereocenters. The molecule has 3 aliphatic rings. The quantitative estimate of drug-likeness (QED) is 0.615. The van der Waals surface area contributed by atoms with Crippen LogP contribution >= 0.6 is 11.8 Å². The third-order valence-corrected chi connectivity index (χ3v) is 7.62. The van der Waals surface area contributed by atoms with Crippen LogP contribution in [0.5, 0.6) is 0 Å². The molecule has 0 bridgehead atoms. The molecule has 4 atom stereocenters. The van der Waals surface area contributed by atoms with Crippen molar-refractivity contribution >= 4 is 17.5 Å². The molecule has 132 valence electrons. The van der Waals surface area contributed by atoms with Crippen LogP contribution in [0, 0.1) is 28.4 Å². The van der Waals surface area contributed by atoms with E-state index in [1.165, 1.54) is 18.4 Å². The zero-order valence-electron chi connectivity index (χ0n) is 15.6. The lowest BCUT2D eigenvalue weighted by molar-refractivity contribution is -0.129. The molecule has 2 heteroatoms. The monoisotopic (exact) mass is 352 g/mol. The second-order valence-corrected chi connectivity index (χ2v) is 10.0. The Kier molecular flexibility index (Phi) is 4.49. The van der Waals surface area contributed by atoms with Gasteiger partial charge < -0.3 is 0 Å². The molecule has 25 heavy (non-hydrogen) atoms. The summed E-state index contributed by atoms with van der Waals surface area (Å²) in [6.45, 7) is 6.61. The smallest absolute Gasteiger partial charge is 0.139 e. The first-order valence-electron chi connectivity index (χ1n) is 9.82. The fourth-order valence-corrected chi connectivity index (χ4v) is 6.05. The molecule has 0 spiro atoms. The van der Waals surface area contributed by atoms with Gasteiger partial charge >= 0.3 is 0 Å². The van der Waals surface area contributed by atoms with E-state index >= 15 is 0 Å². The highest BCUT2D eigenvalue weighted by molar-refractivity contribution is 8.04. The summed E-state index contributed by atoms with van der Waals surface area (Å²) in [5.41, 5.74) is 4.20. The van der Waals surface area contributed by atoms with Crippen molar-refractivity contribution in [3.63, 3.8) is 0 Å². The highest BCUT2D eigenvalue weighted by Crippen LogP contribution is 2.59. The number of hydrogen-bond acceptors (Lipinski definition) is 2. The molecule has 0 amide bonds. The molecule has 2 fully saturated rings. The van der Waals surface area contributed by atoms with Crippen LogP contribution in [-0.2, 0) is 11.2 Å². The number of rotatable bonds is 1. The molecular weight excluding hydrogens is 324 g/mol. The largest absolute Gasteiger partial charge is 0.299 e. The molecular formula is C23H28OS. The van der Waals surface area contributed by atoms with Crippen LogP contribution in [0.25, 0.3) is 0 Å². The minimum Gasteiger partial charge on any atom is -0.299 e. The Hall–Kier alpha value is -1.20. The van der Waals surface area contributed by atoms with Crippen LogP contribution in [0.2, 0.25) is 0 Å².